The lowest BCUT2D eigenvalue weighted by Gasteiger charge is -2.43. The number of likely N-dealkylation sites (tertiary alicyclic amines) is 1. The summed E-state index contributed by atoms with van der Waals surface area (Å²) < 4.78 is 0. The number of amides is 1. The van der Waals surface area contributed by atoms with E-state index in [2.05, 4.69) is 87.5 Å². The minimum atomic E-state index is -0.0788. The van der Waals surface area contributed by atoms with Crippen LogP contribution in [0.25, 0.3) is 0 Å². The smallest absolute Gasteiger partial charge is 0.221 e. The second-order valence-corrected chi connectivity index (χ2v) is 11.3. The summed E-state index contributed by atoms with van der Waals surface area (Å²) in [6, 6.07) is 4.33. The van der Waals surface area contributed by atoms with E-state index < -0.39 is 0 Å². The van der Waals surface area contributed by atoms with Crippen molar-refractivity contribution < 1.29 is 4.79 Å². The van der Waals surface area contributed by atoms with E-state index in [1.165, 1.54) is 25.3 Å². The van der Waals surface area contributed by atoms with E-state index in [-0.39, 0.29) is 5.91 Å². The zero-order valence-electron chi connectivity index (χ0n) is 22.7. The fraction of sp³-hybridized carbons (Fsp3) is 0.621. The van der Waals surface area contributed by atoms with Gasteiger partial charge in [0.25, 0.3) is 0 Å². The fourth-order valence-corrected chi connectivity index (χ4v) is 4.89. The van der Waals surface area contributed by atoms with E-state index >= 15 is 0 Å². The van der Waals surface area contributed by atoms with Crippen LogP contribution in [0.1, 0.15) is 86.3 Å². The van der Waals surface area contributed by atoms with Crippen LogP contribution in [0.4, 0.5) is 5.69 Å². The molecule has 5 heteroatoms. The molecule has 0 saturated carbocycles. The van der Waals surface area contributed by atoms with Crippen molar-refractivity contribution in [2.45, 2.75) is 86.6 Å². The van der Waals surface area contributed by atoms with Gasteiger partial charge in [0.2, 0.25) is 5.91 Å². The molecule has 2 rings (SSSR count). The summed E-state index contributed by atoms with van der Waals surface area (Å²) >= 11 is 0. The lowest BCUT2D eigenvalue weighted by atomic mass is 9.75. The molecule has 1 aromatic heterocycles. The molecule has 2 heterocycles. The Morgan fingerprint density at radius 2 is 1.85 bits per heavy atom. The van der Waals surface area contributed by atoms with E-state index in [1.54, 1.807) is 6.20 Å². The molecule has 1 amide bonds. The first-order valence-electron chi connectivity index (χ1n) is 12.7. The van der Waals surface area contributed by atoms with Gasteiger partial charge in [-0.15, -0.1) is 0 Å². The average Bonchev–Trinajstić information content (AvgIpc) is 2.77. The van der Waals surface area contributed by atoms with Gasteiger partial charge in [0, 0.05) is 30.3 Å². The molecule has 0 spiro atoms. The normalized spacial score (nSPS) is 18.6. The van der Waals surface area contributed by atoms with Crippen molar-refractivity contribution in [3.8, 4) is 0 Å². The second-order valence-electron chi connectivity index (χ2n) is 11.3. The summed E-state index contributed by atoms with van der Waals surface area (Å²) in [4.78, 5) is 22.9. The highest BCUT2D eigenvalue weighted by molar-refractivity contribution is 5.88. The van der Waals surface area contributed by atoms with Gasteiger partial charge in [-0.2, -0.15) is 0 Å². The largest absolute Gasteiger partial charge is 0.325 e. The van der Waals surface area contributed by atoms with Gasteiger partial charge in [0.15, 0.2) is 0 Å². The fourth-order valence-electron chi connectivity index (χ4n) is 4.89. The first-order chi connectivity index (χ1) is 15.9. The van der Waals surface area contributed by atoms with Crippen LogP contribution in [0.15, 0.2) is 46.7 Å². The molecule has 34 heavy (non-hydrogen) atoms. The zero-order valence-corrected chi connectivity index (χ0v) is 22.7. The monoisotopic (exact) mass is 466 g/mol. The Bertz CT molecular complexity index is 868. The van der Waals surface area contributed by atoms with Gasteiger partial charge in [0.05, 0.1) is 11.9 Å². The van der Waals surface area contributed by atoms with Gasteiger partial charge in [-0.25, -0.2) is 0 Å². The first-order valence-corrected chi connectivity index (χ1v) is 12.7. The number of carbonyl (C=O) groups is 1. The zero-order chi connectivity index (χ0) is 25.5. The predicted molar refractivity (Wildman–Crippen MR) is 145 cm³/mol. The number of rotatable bonds is 9. The number of hydrogen-bond donors (Lipinski definition) is 1. The van der Waals surface area contributed by atoms with Gasteiger partial charge < -0.3 is 5.32 Å². The van der Waals surface area contributed by atoms with Crippen LogP contribution in [0.5, 0.6) is 0 Å². The number of allylic oxidation sites excluding steroid dienone is 3. The molecule has 1 aliphatic rings. The molecule has 0 radical (unpaired) electrons. The molecule has 0 bridgehead atoms. The Morgan fingerprint density at radius 1 is 1.21 bits per heavy atom. The number of nitrogens with one attached hydrogen (secondary N) is 1. The summed E-state index contributed by atoms with van der Waals surface area (Å²) in [5.41, 5.74) is 4.54. The van der Waals surface area contributed by atoms with Crippen molar-refractivity contribution in [3.05, 3.63) is 47.4 Å². The van der Waals surface area contributed by atoms with Crippen LogP contribution in [0.2, 0.25) is 0 Å². The number of pyridine rings is 1. The molecule has 2 unspecified atom stereocenters. The van der Waals surface area contributed by atoms with Gasteiger partial charge in [0.1, 0.15) is 0 Å². The first kappa shape index (κ1) is 28.0. The van der Waals surface area contributed by atoms with Crippen molar-refractivity contribution >= 4 is 18.3 Å². The molecule has 0 aromatic carbocycles. The van der Waals surface area contributed by atoms with Crippen molar-refractivity contribution in [1.82, 2.24) is 9.88 Å². The third-order valence-corrected chi connectivity index (χ3v) is 7.20. The van der Waals surface area contributed by atoms with Crippen LogP contribution in [-0.2, 0) is 4.79 Å². The van der Waals surface area contributed by atoms with E-state index in [4.69, 9.17) is 0 Å². The topological polar surface area (TPSA) is 57.6 Å². The summed E-state index contributed by atoms with van der Waals surface area (Å²) in [5.74, 6) is 1.34. The maximum absolute atomic E-state index is 11.3. The number of anilines is 1. The van der Waals surface area contributed by atoms with E-state index in [0.29, 0.717) is 23.3 Å². The molecule has 0 aliphatic carbocycles. The minimum absolute atomic E-state index is 0.0788. The number of aromatic nitrogens is 1. The third-order valence-electron chi connectivity index (χ3n) is 7.20. The lowest BCUT2D eigenvalue weighted by molar-refractivity contribution is -0.114. The van der Waals surface area contributed by atoms with Crippen LogP contribution < -0.4 is 5.32 Å². The molecule has 1 N–H and O–H groups in total. The standard InChI is InChI=1S/C29H46N4O/c1-20(2)26(30-9)12-10-21(3)28(33-16-14-24(15-17-33)29(6,7)8)18-22(4)27-13-11-25(19-31-27)32-23(5)34/h10-13,19-20,22,24,28H,9,14-18H2,1-8H3,(H,32,34)/b21-10+,26-12-. The van der Waals surface area contributed by atoms with Crippen LogP contribution >= 0.6 is 0 Å². The highest BCUT2D eigenvalue weighted by Gasteiger charge is 2.32. The highest BCUT2D eigenvalue weighted by atomic mass is 16.1. The minimum Gasteiger partial charge on any atom is -0.325 e. The molecule has 1 saturated heterocycles. The van der Waals surface area contributed by atoms with Crippen molar-refractivity contribution in [1.29, 1.82) is 0 Å². The van der Waals surface area contributed by atoms with Crippen LogP contribution in [-0.4, -0.2) is 41.6 Å². The SMILES string of the molecule is C=N/C(=C\C=C(/C)C(CC(C)c1ccc(NC(C)=O)cn1)N1CCC(C(C)(C)C)CC1)C(C)C. The summed E-state index contributed by atoms with van der Waals surface area (Å²) in [5, 5.41) is 2.80. The molecular formula is C29H46N4O. The molecule has 1 aromatic rings. The number of carbonyl (C=O) groups excluding carboxylic acids is 1. The molecule has 188 valence electrons. The highest BCUT2D eigenvalue weighted by Crippen LogP contribution is 2.36. The van der Waals surface area contributed by atoms with Crippen LogP contribution in [0.3, 0.4) is 0 Å². The van der Waals surface area contributed by atoms with E-state index in [9.17, 15) is 4.79 Å². The molecule has 2 atom stereocenters. The second kappa shape index (κ2) is 12.4. The quantitative estimate of drug-likeness (QED) is 0.320. The Labute approximate surface area is 207 Å². The number of hydrogen-bond acceptors (Lipinski definition) is 4. The maximum atomic E-state index is 11.3. The summed E-state index contributed by atoms with van der Waals surface area (Å²) in [6.45, 7) is 23.4. The Kier molecular flexibility index (Phi) is 10.2. The van der Waals surface area contributed by atoms with Crippen molar-refractivity contribution in [2.75, 3.05) is 18.4 Å². The molecular weight excluding hydrogens is 420 g/mol. The average molecular weight is 467 g/mol. The molecule has 1 fully saturated rings. The van der Waals surface area contributed by atoms with Gasteiger partial charge in [-0.05, 0) is 81.5 Å². The molecule has 5 nitrogen and oxygen atoms in total. The molecule has 1 aliphatic heterocycles. The summed E-state index contributed by atoms with van der Waals surface area (Å²) in [6.07, 6.45) is 9.62. The van der Waals surface area contributed by atoms with Crippen LogP contribution in [0, 0.1) is 17.3 Å². The Balaban J connectivity index is 2.24. The Morgan fingerprint density at radius 3 is 2.32 bits per heavy atom. The van der Waals surface area contributed by atoms with E-state index in [0.717, 1.165) is 42.5 Å². The van der Waals surface area contributed by atoms with Gasteiger partial charge in [-0.3, -0.25) is 19.7 Å². The predicted octanol–water partition coefficient (Wildman–Crippen LogP) is 6.85. The number of piperidine rings is 1. The van der Waals surface area contributed by atoms with Crippen molar-refractivity contribution in [3.63, 3.8) is 0 Å². The Hall–Kier alpha value is -2.27. The third kappa shape index (κ3) is 8.19. The van der Waals surface area contributed by atoms with E-state index in [1.807, 2.05) is 12.1 Å². The van der Waals surface area contributed by atoms with Gasteiger partial charge in [-0.1, -0.05) is 53.2 Å². The number of nitrogens with zero attached hydrogens (tertiary/aromatic N) is 3. The summed E-state index contributed by atoms with van der Waals surface area (Å²) in [7, 11) is 0. The maximum Gasteiger partial charge on any atom is 0.221 e. The van der Waals surface area contributed by atoms with Crippen molar-refractivity contribution in [2.24, 2.45) is 22.2 Å². The lowest BCUT2D eigenvalue weighted by Crippen LogP contribution is -2.44. The number of aliphatic imine (C=N–C) groups is 1. The van der Waals surface area contributed by atoms with Gasteiger partial charge >= 0.3 is 0 Å².